The number of halogens is 1. The van der Waals surface area contributed by atoms with Crippen LogP contribution in [-0.4, -0.2) is 38.0 Å². The van der Waals surface area contributed by atoms with Crippen molar-refractivity contribution in [2.75, 3.05) is 17.7 Å². The zero-order valence-corrected chi connectivity index (χ0v) is 20.4. The molecule has 0 atom stereocenters. The summed E-state index contributed by atoms with van der Waals surface area (Å²) in [6.45, 7) is 6.45. The monoisotopic (exact) mass is 479 g/mol. The molecule has 2 aromatic carbocycles. The number of aryl methyl sites for hydroxylation is 3. The standard InChI is InChI=1S/C25H26FN5O2S/c1-5-31-23-22(17(3)28-31)27-25(30(24(23)33)14-18-9-11-19(26)12-10-18)34-15-21(32)29(4)20-8-6-7-16(2)13-20/h6-13H,5,14-15H2,1-4H3. The van der Waals surface area contributed by atoms with Gasteiger partial charge in [-0.25, -0.2) is 9.37 Å². The molecular formula is C25H26FN5O2S. The van der Waals surface area contributed by atoms with Crippen LogP contribution in [0.4, 0.5) is 10.1 Å². The third kappa shape index (κ3) is 4.75. The molecule has 1 amide bonds. The summed E-state index contributed by atoms with van der Waals surface area (Å²) in [4.78, 5) is 32.8. The zero-order chi connectivity index (χ0) is 24.4. The lowest BCUT2D eigenvalue weighted by Gasteiger charge is -2.18. The maximum atomic E-state index is 13.5. The second kappa shape index (κ2) is 9.80. The minimum atomic E-state index is -0.344. The van der Waals surface area contributed by atoms with E-state index in [1.165, 1.54) is 28.5 Å². The van der Waals surface area contributed by atoms with Crippen LogP contribution in [0.15, 0.2) is 58.5 Å². The number of amides is 1. The second-order valence-corrected chi connectivity index (χ2v) is 9.03. The Kier molecular flexibility index (Phi) is 6.83. The van der Waals surface area contributed by atoms with Crippen LogP contribution < -0.4 is 10.5 Å². The van der Waals surface area contributed by atoms with E-state index < -0.39 is 0 Å². The van der Waals surface area contributed by atoms with E-state index in [0.717, 1.165) is 16.8 Å². The molecule has 2 heterocycles. The van der Waals surface area contributed by atoms with E-state index >= 15 is 0 Å². The third-order valence-electron chi connectivity index (χ3n) is 5.62. The van der Waals surface area contributed by atoms with Gasteiger partial charge in [-0.1, -0.05) is 36.0 Å². The summed E-state index contributed by atoms with van der Waals surface area (Å²) in [5.74, 6) is -0.352. The van der Waals surface area contributed by atoms with Crippen molar-refractivity contribution >= 4 is 34.4 Å². The van der Waals surface area contributed by atoms with Crippen LogP contribution in [0, 0.1) is 19.7 Å². The predicted octanol–water partition coefficient (Wildman–Crippen LogP) is 4.17. The second-order valence-electron chi connectivity index (χ2n) is 8.09. The Morgan fingerprint density at radius 1 is 1.15 bits per heavy atom. The van der Waals surface area contributed by atoms with Gasteiger partial charge < -0.3 is 4.90 Å². The van der Waals surface area contributed by atoms with Gasteiger partial charge in [-0.05, 0) is 56.2 Å². The van der Waals surface area contributed by atoms with Gasteiger partial charge in [0.25, 0.3) is 5.56 Å². The molecule has 176 valence electrons. The highest BCUT2D eigenvalue weighted by molar-refractivity contribution is 7.99. The minimum absolute atomic E-state index is 0.104. The van der Waals surface area contributed by atoms with E-state index in [4.69, 9.17) is 4.98 Å². The van der Waals surface area contributed by atoms with Crippen LogP contribution in [0.1, 0.15) is 23.7 Å². The van der Waals surface area contributed by atoms with Gasteiger partial charge in [0, 0.05) is 19.3 Å². The first-order chi connectivity index (χ1) is 16.3. The number of hydrogen-bond donors (Lipinski definition) is 0. The Morgan fingerprint density at radius 2 is 1.88 bits per heavy atom. The number of benzene rings is 2. The average Bonchev–Trinajstić information content (AvgIpc) is 3.15. The van der Waals surface area contributed by atoms with Crippen LogP contribution in [0.5, 0.6) is 0 Å². The molecule has 0 N–H and O–H groups in total. The molecule has 0 spiro atoms. The lowest BCUT2D eigenvalue weighted by molar-refractivity contribution is -0.115. The molecule has 2 aromatic heterocycles. The van der Waals surface area contributed by atoms with Crippen molar-refractivity contribution in [1.82, 2.24) is 19.3 Å². The highest BCUT2D eigenvalue weighted by Gasteiger charge is 2.20. The van der Waals surface area contributed by atoms with Crippen molar-refractivity contribution < 1.29 is 9.18 Å². The molecule has 0 aliphatic rings. The molecule has 4 aromatic rings. The third-order valence-corrected chi connectivity index (χ3v) is 6.58. The van der Waals surface area contributed by atoms with E-state index in [9.17, 15) is 14.0 Å². The Balaban J connectivity index is 1.70. The molecule has 9 heteroatoms. The summed E-state index contributed by atoms with van der Waals surface area (Å²) in [6, 6.07) is 13.7. The van der Waals surface area contributed by atoms with E-state index in [0.29, 0.717) is 28.4 Å². The van der Waals surface area contributed by atoms with Crippen LogP contribution in [-0.2, 0) is 17.9 Å². The first-order valence-corrected chi connectivity index (χ1v) is 12.0. The number of carbonyl (C=O) groups excluding carboxylic acids is 1. The first-order valence-electron chi connectivity index (χ1n) is 11.0. The Hall–Kier alpha value is -3.46. The quantitative estimate of drug-likeness (QED) is 0.294. The number of thioether (sulfide) groups is 1. The predicted molar refractivity (Wildman–Crippen MR) is 133 cm³/mol. The molecule has 0 radical (unpaired) electrons. The lowest BCUT2D eigenvalue weighted by atomic mass is 10.2. The van der Waals surface area contributed by atoms with Gasteiger partial charge in [0.15, 0.2) is 10.7 Å². The molecule has 0 fully saturated rings. The number of fused-ring (bicyclic) bond motifs is 1. The molecule has 0 unspecified atom stereocenters. The fourth-order valence-corrected chi connectivity index (χ4v) is 4.65. The van der Waals surface area contributed by atoms with Crippen molar-refractivity contribution in [3.8, 4) is 0 Å². The van der Waals surface area contributed by atoms with Gasteiger partial charge in [-0.2, -0.15) is 5.10 Å². The summed E-state index contributed by atoms with van der Waals surface area (Å²) >= 11 is 1.21. The summed E-state index contributed by atoms with van der Waals surface area (Å²) in [7, 11) is 1.73. The smallest absolute Gasteiger partial charge is 0.280 e. The highest BCUT2D eigenvalue weighted by atomic mass is 32.2. The van der Waals surface area contributed by atoms with Crippen LogP contribution >= 0.6 is 11.8 Å². The molecule has 0 aliphatic heterocycles. The highest BCUT2D eigenvalue weighted by Crippen LogP contribution is 2.23. The Morgan fingerprint density at radius 3 is 2.56 bits per heavy atom. The van der Waals surface area contributed by atoms with Crippen molar-refractivity contribution in [3.05, 3.63) is 81.5 Å². The van der Waals surface area contributed by atoms with Gasteiger partial charge in [0.1, 0.15) is 11.3 Å². The summed E-state index contributed by atoms with van der Waals surface area (Å²) in [5.41, 5.74) is 4.01. The summed E-state index contributed by atoms with van der Waals surface area (Å²) in [5, 5.41) is 4.87. The average molecular weight is 480 g/mol. The van der Waals surface area contributed by atoms with Crippen LogP contribution in [0.3, 0.4) is 0 Å². The fourth-order valence-electron chi connectivity index (χ4n) is 3.74. The van der Waals surface area contributed by atoms with Gasteiger partial charge in [-0.15, -0.1) is 0 Å². The molecule has 0 aliphatic carbocycles. The molecule has 7 nitrogen and oxygen atoms in total. The van der Waals surface area contributed by atoms with Crippen molar-refractivity contribution in [2.45, 2.75) is 39.0 Å². The number of aromatic nitrogens is 4. The normalized spacial score (nSPS) is 11.2. The summed E-state index contributed by atoms with van der Waals surface area (Å²) < 4.78 is 16.6. The van der Waals surface area contributed by atoms with Crippen LogP contribution in [0.25, 0.3) is 11.0 Å². The SMILES string of the molecule is CCn1nc(C)c2nc(SCC(=O)N(C)c3cccc(C)c3)n(Cc3ccc(F)cc3)c(=O)c21. The maximum Gasteiger partial charge on any atom is 0.280 e. The maximum absolute atomic E-state index is 13.5. The molecule has 0 saturated heterocycles. The largest absolute Gasteiger partial charge is 0.315 e. The lowest BCUT2D eigenvalue weighted by Crippen LogP contribution is -2.29. The number of anilines is 1. The molecule has 0 bridgehead atoms. The van der Waals surface area contributed by atoms with Gasteiger partial charge in [0.2, 0.25) is 5.91 Å². The van der Waals surface area contributed by atoms with E-state index in [1.807, 2.05) is 45.0 Å². The van der Waals surface area contributed by atoms with Gasteiger partial charge in [-0.3, -0.25) is 18.8 Å². The van der Waals surface area contributed by atoms with Gasteiger partial charge in [0.05, 0.1) is 18.0 Å². The summed E-state index contributed by atoms with van der Waals surface area (Å²) in [6.07, 6.45) is 0. The topological polar surface area (TPSA) is 73.0 Å². The number of nitrogens with zero attached hydrogens (tertiary/aromatic N) is 5. The molecule has 4 rings (SSSR count). The Labute approximate surface area is 201 Å². The molecule has 0 saturated carbocycles. The van der Waals surface area contributed by atoms with E-state index in [1.54, 1.807) is 28.8 Å². The van der Waals surface area contributed by atoms with Gasteiger partial charge >= 0.3 is 0 Å². The van der Waals surface area contributed by atoms with Crippen molar-refractivity contribution in [3.63, 3.8) is 0 Å². The number of rotatable bonds is 7. The zero-order valence-electron chi connectivity index (χ0n) is 19.6. The molecule has 34 heavy (non-hydrogen) atoms. The van der Waals surface area contributed by atoms with E-state index in [-0.39, 0.29) is 29.6 Å². The van der Waals surface area contributed by atoms with Crippen molar-refractivity contribution in [1.29, 1.82) is 0 Å². The fraction of sp³-hybridized carbons (Fsp3) is 0.280. The Bertz CT molecular complexity index is 1410. The number of hydrogen-bond acceptors (Lipinski definition) is 5. The van der Waals surface area contributed by atoms with E-state index in [2.05, 4.69) is 5.10 Å². The first kappa shape index (κ1) is 23.7. The minimum Gasteiger partial charge on any atom is -0.315 e. The number of carbonyl (C=O) groups is 1. The molecular weight excluding hydrogens is 453 g/mol. The van der Waals surface area contributed by atoms with Crippen molar-refractivity contribution in [2.24, 2.45) is 0 Å². The van der Waals surface area contributed by atoms with Crippen LogP contribution in [0.2, 0.25) is 0 Å².